The summed E-state index contributed by atoms with van der Waals surface area (Å²) in [6.07, 6.45) is 8.87. The molecular formula is C16H21N2O2PS2. The summed E-state index contributed by atoms with van der Waals surface area (Å²) in [5.41, 5.74) is 2.41. The van der Waals surface area contributed by atoms with Crippen molar-refractivity contribution < 1.29 is 9.09 Å². The molecule has 23 heavy (non-hydrogen) atoms. The summed E-state index contributed by atoms with van der Waals surface area (Å²) in [6, 6.07) is 7.96. The van der Waals surface area contributed by atoms with Crippen LogP contribution in [0.25, 0.3) is 0 Å². The second-order valence-corrected chi connectivity index (χ2v) is 12.4. The molecule has 0 saturated carbocycles. The van der Waals surface area contributed by atoms with Crippen LogP contribution >= 0.6 is 28.5 Å². The van der Waals surface area contributed by atoms with Crippen molar-refractivity contribution in [3.63, 3.8) is 0 Å². The van der Waals surface area contributed by atoms with E-state index >= 15 is 0 Å². The summed E-state index contributed by atoms with van der Waals surface area (Å²) in [7, 11) is 0. The first-order valence-corrected chi connectivity index (χ1v) is 12.3. The number of hydrogen-bond acceptors (Lipinski definition) is 6. The first kappa shape index (κ1) is 18.5. The Morgan fingerprint density at radius 1 is 0.913 bits per heavy atom. The molecule has 2 aromatic heterocycles. The highest BCUT2D eigenvalue weighted by atomic mass is 33.1. The number of nitrogens with zero attached hydrogens (tertiary/aromatic N) is 2. The topological polar surface area (TPSA) is 52.1 Å². The Labute approximate surface area is 145 Å². The minimum atomic E-state index is -2.69. The summed E-state index contributed by atoms with van der Waals surface area (Å²) >= 11 is 2.88. The van der Waals surface area contributed by atoms with Crippen molar-refractivity contribution >= 4 is 28.5 Å². The van der Waals surface area contributed by atoms with Crippen LogP contribution in [0.1, 0.15) is 18.1 Å². The molecule has 2 aromatic rings. The minimum Gasteiger partial charge on any atom is -0.314 e. The van der Waals surface area contributed by atoms with Gasteiger partial charge in [-0.1, -0.05) is 22.8 Å². The molecule has 0 unspecified atom stereocenters. The number of pyridine rings is 2. The summed E-state index contributed by atoms with van der Waals surface area (Å²) in [5.74, 6) is -1.13. The van der Waals surface area contributed by atoms with Crippen LogP contribution in [-0.4, -0.2) is 28.1 Å². The molecule has 0 saturated heterocycles. The zero-order valence-corrected chi connectivity index (χ0v) is 15.7. The first-order valence-electron chi connectivity index (χ1n) is 7.53. The molecule has 0 aliphatic rings. The molecule has 124 valence electrons. The molecule has 2 rings (SSSR count). The SMILES string of the molecule is CCOP(=O)(SCCc1ccncc1)SCCc1ccncc1. The zero-order chi connectivity index (χ0) is 16.4. The zero-order valence-electron chi connectivity index (χ0n) is 13.1. The van der Waals surface area contributed by atoms with Gasteiger partial charge in [0, 0.05) is 36.3 Å². The van der Waals surface area contributed by atoms with Gasteiger partial charge in [0.15, 0.2) is 0 Å². The molecule has 0 bridgehead atoms. The van der Waals surface area contributed by atoms with Crippen molar-refractivity contribution in [2.75, 3.05) is 18.1 Å². The lowest BCUT2D eigenvalue weighted by Gasteiger charge is -2.16. The van der Waals surface area contributed by atoms with E-state index in [1.54, 1.807) is 24.8 Å². The molecule has 0 fully saturated rings. The molecular weight excluding hydrogens is 347 g/mol. The van der Waals surface area contributed by atoms with Crippen LogP contribution in [0.2, 0.25) is 0 Å². The van der Waals surface area contributed by atoms with Gasteiger partial charge in [0.2, 0.25) is 0 Å². The fraction of sp³-hybridized carbons (Fsp3) is 0.375. The highest BCUT2D eigenvalue weighted by molar-refractivity contribution is 8.89. The molecule has 0 spiro atoms. The third kappa shape index (κ3) is 7.08. The summed E-state index contributed by atoms with van der Waals surface area (Å²) in [6.45, 7) is 2.36. The average Bonchev–Trinajstić information content (AvgIpc) is 2.57. The Balaban J connectivity index is 1.79. The molecule has 0 aliphatic carbocycles. The largest absolute Gasteiger partial charge is 0.314 e. The third-order valence-electron chi connectivity index (χ3n) is 3.07. The highest BCUT2D eigenvalue weighted by Crippen LogP contribution is 2.69. The maximum atomic E-state index is 12.9. The molecule has 2 heterocycles. The lowest BCUT2D eigenvalue weighted by molar-refractivity contribution is 0.357. The van der Waals surface area contributed by atoms with E-state index in [1.165, 1.54) is 33.9 Å². The average molecular weight is 368 g/mol. The number of aromatic nitrogens is 2. The number of hydrogen-bond donors (Lipinski definition) is 0. The van der Waals surface area contributed by atoms with Gasteiger partial charge in [0.05, 0.1) is 6.61 Å². The van der Waals surface area contributed by atoms with E-state index in [1.807, 2.05) is 31.2 Å². The molecule has 0 aromatic carbocycles. The highest BCUT2D eigenvalue weighted by Gasteiger charge is 2.24. The fourth-order valence-corrected chi connectivity index (χ4v) is 8.77. The molecule has 0 amide bonds. The molecule has 0 aliphatic heterocycles. The lowest BCUT2D eigenvalue weighted by Crippen LogP contribution is -1.93. The molecule has 0 N–H and O–H groups in total. The summed E-state index contributed by atoms with van der Waals surface area (Å²) < 4.78 is 18.4. The van der Waals surface area contributed by atoms with Gasteiger partial charge in [-0.05, 0) is 55.2 Å². The molecule has 0 radical (unpaired) electrons. The first-order chi connectivity index (χ1) is 11.2. The van der Waals surface area contributed by atoms with Gasteiger partial charge in [0.1, 0.15) is 0 Å². The maximum Gasteiger partial charge on any atom is 0.313 e. The van der Waals surface area contributed by atoms with E-state index in [9.17, 15) is 4.57 Å². The normalized spacial score (nSPS) is 11.5. The van der Waals surface area contributed by atoms with Crippen LogP contribution in [-0.2, 0) is 21.9 Å². The van der Waals surface area contributed by atoms with Crippen LogP contribution in [0, 0.1) is 0 Å². The summed E-state index contributed by atoms with van der Waals surface area (Å²) in [4.78, 5) is 8.01. The van der Waals surface area contributed by atoms with E-state index in [0.717, 1.165) is 24.3 Å². The minimum absolute atomic E-state index is 0.474. The van der Waals surface area contributed by atoms with Gasteiger partial charge in [-0.25, -0.2) is 0 Å². The van der Waals surface area contributed by atoms with Crippen LogP contribution in [0.3, 0.4) is 0 Å². The predicted molar refractivity (Wildman–Crippen MR) is 100 cm³/mol. The molecule has 7 heteroatoms. The maximum absolute atomic E-state index is 12.9. The van der Waals surface area contributed by atoms with Crippen LogP contribution in [0.4, 0.5) is 0 Å². The van der Waals surface area contributed by atoms with Crippen LogP contribution in [0.5, 0.6) is 0 Å². The number of rotatable bonds is 10. The van der Waals surface area contributed by atoms with Gasteiger partial charge < -0.3 is 4.52 Å². The smallest absolute Gasteiger partial charge is 0.313 e. The Hall–Kier alpha value is -0.810. The summed E-state index contributed by atoms with van der Waals surface area (Å²) in [5, 5.41) is 0. The van der Waals surface area contributed by atoms with Crippen molar-refractivity contribution in [2.24, 2.45) is 0 Å². The predicted octanol–water partition coefficient (Wildman–Crippen LogP) is 4.87. The van der Waals surface area contributed by atoms with Gasteiger partial charge in [-0.3, -0.25) is 14.5 Å². The quantitative estimate of drug-likeness (QED) is 0.558. The second kappa shape index (κ2) is 10.1. The third-order valence-corrected chi connectivity index (χ3v) is 10.6. The van der Waals surface area contributed by atoms with E-state index in [2.05, 4.69) is 9.97 Å². The van der Waals surface area contributed by atoms with E-state index in [0.29, 0.717) is 6.61 Å². The van der Waals surface area contributed by atoms with Crippen LogP contribution < -0.4 is 0 Å². The fourth-order valence-electron chi connectivity index (χ4n) is 1.92. The van der Waals surface area contributed by atoms with Crippen molar-refractivity contribution in [3.05, 3.63) is 60.2 Å². The lowest BCUT2D eigenvalue weighted by atomic mass is 10.2. The van der Waals surface area contributed by atoms with Gasteiger partial charge in [0.25, 0.3) is 0 Å². The molecule has 4 nitrogen and oxygen atoms in total. The van der Waals surface area contributed by atoms with Crippen molar-refractivity contribution in [1.29, 1.82) is 0 Å². The Morgan fingerprint density at radius 2 is 1.35 bits per heavy atom. The number of aryl methyl sites for hydroxylation is 2. The Morgan fingerprint density at radius 3 is 1.74 bits per heavy atom. The van der Waals surface area contributed by atoms with Crippen molar-refractivity contribution in [2.45, 2.75) is 19.8 Å². The monoisotopic (exact) mass is 368 g/mol. The Kier molecular flexibility index (Phi) is 8.17. The van der Waals surface area contributed by atoms with E-state index < -0.39 is 5.77 Å². The van der Waals surface area contributed by atoms with E-state index in [4.69, 9.17) is 4.52 Å². The van der Waals surface area contributed by atoms with Crippen LogP contribution in [0.15, 0.2) is 49.1 Å². The molecule has 0 atom stereocenters. The van der Waals surface area contributed by atoms with Gasteiger partial charge in [-0.15, -0.1) is 0 Å². The van der Waals surface area contributed by atoms with Gasteiger partial charge >= 0.3 is 5.77 Å². The van der Waals surface area contributed by atoms with Gasteiger partial charge in [-0.2, -0.15) is 0 Å². The van der Waals surface area contributed by atoms with Crippen molar-refractivity contribution in [3.8, 4) is 0 Å². The standard InChI is InChI=1S/C16H21N2O2PS2/c1-2-20-21(19,22-13-7-15-3-9-17-10-4-15)23-14-8-16-5-11-18-12-6-16/h3-6,9-12H,2,7-8,13-14H2,1H3. The van der Waals surface area contributed by atoms with Crippen molar-refractivity contribution in [1.82, 2.24) is 9.97 Å². The second-order valence-electron chi connectivity index (χ2n) is 4.74. The Bertz CT molecular complexity index is 564. The van der Waals surface area contributed by atoms with E-state index in [-0.39, 0.29) is 0 Å².